The molecule has 5 aromatic rings. The molecule has 3 aromatic heterocycles. The van der Waals surface area contributed by atoms with Gasteiger partial charge in [0.2, 0.25) is 0 Å². The van der Waals surface area contributed by atoms with Gasteiger partial charge in [0.25, 0.3) is 5.95 Å². The molecule has 2 amide bonds. The first-order valence-corrected chi connectivity index (χ1v) is 14.7. The predicted molar refractivity (Wildman–Crippen MR) is 169 cm³/mol. The molecule has 0 saturated heterocycles. The van der Waals surface area contributed by atoms with E-state index in [0.717, 1.165) is 5.56 Å². The van der Waals surface area contributed by atoms with E-state index in [2.05, 4.69) is 15.2 Å². The number of carbonyl (C=O) groups is 2. The molecule has 0 fully saturated rings. The van der Waals surface area contributed by atoms with Crippen LogP contribution in [0.25, 0.3) is 27.9 Å². The van der Waals surface area contributed by atoms with E-state index in [-0.39, 0.29) is 17.4 Å². The zero-order valence-electron chi connectivity index (χ0n) is 27.0. The molecule has 0 bridgehead atoms. The van der Waals surface area contributed by atoms with Crippen molar-refractivity contribution in [2.24, 2.45) is 0 Å². The Morgan fingerprint density at radius 3 is 1.98 bits per heavy atom. The lowest BCUT2D eigenvalue weighted by Crippen LogP contribution is -2.44. The maximum Gasteiger partial charge on any atom is 0.427 e. The molecule has 0 aliphatic rings. The number of nitrogens with zero attached hydrogens (tertiary/aromatic N) is 6. The van der Waals surface area contributed by atoms with Crippen molar-refractivity contribution >= 4 is 23.8 Å². The number of carbonyl (C=O) groups excluding carboxylic acids is 2. The molecule has 10 nitrogen and oxygen atoms in total. The number of aromatic nitrogens is 5. The number of anilines is 1. The number of halogens is 2. The summed E-state index contributed by atoms with van der Waals surface area (Å²) in [6.45, 7) is 13.9. The van der Waals surface area contributed by atoms with Gasteiger partial charge in [-0.1, -0.05) is 30.3 Å². The molecule has 2 aromatic carbocycles. The van der Waals surface area contributed by atoms with Crippen LogP contribution in [0.3, 0.4) is 0 Å². The summed E-state index contributed by atoms with van der Waals surface area (Å²) in [6.07, 6.45) is 2.89. The number of ether oxygens (including phenoxy) is 2. The Hall–Kier alpha value is -5.13. The monoisotopic (exact) mass is 630 g/mol. The van der Waals surface area contributed by atoms with Gasteiger partial charge in [-0.2, -0.15) is 10.1 Å². The topological polar surface area (TPSA) is 104 Å². The fourth-order valence-electron chi connectivity index (χ4n) is 4.72. The van der Waals surface area contributed by atoms with Crippen LogP contribution in [-0.4, -0.2) is 47.8 Å². The molecule has 12 heteroatoms. The third-order valence-corrected chi connectivity index (χ3v) is 7.01. The van der Waals surface area contributed by atoms with Gasteiger partial charge < -0.3 is 9.47 Å². The fourth-order valence-corrected chi connectivity index (χ4v) is 4.72. The van der Waals surface area contributed by atoms with Crippen molar-refractivity contribution < 1.29 is 27.8 Å². The number of rotatable bonds is 5. The minimum absolute atomic E-state index is 0.253. The minimum atomic E-state index is -1.00. The predicted octanol–water partition coefficient (Wildman–Crippen LogP) is 8.00. The lowest BCUT2D eigenvalue weighted by Gasteiger charge is -2.26. The quantitative estimate of drug-likeness (QED) is 0.194. The van der Waals surface area contributed by atoms with Crippen molar-refractivity contribution in [1.82, 2.24) is 24.4 Å². The third-order valence-electron chi connectivity index (χ3n) is 7.01. The van der Waals surface area contributed by atoms with E-state index in [9.17, 15) is 14.0 Å². The number of hydrogen-bond donors (Lipinski definition) is 0. The first kappa shape index (κ1) is 32.3. The largest absolute Gasteiger partial charge is 0.443 e. The Bertz CT molecular complexity index is 1890. The van der Waals surface area contributed by atoms with Crippen molar-refractivity contribution in [3.05, 3.63) is 90.4 Å². The first-order chi connectivity index (χ1) is 21.4. The highest BCUT2D eigenvalue weighted by Crippen LogP contribution is 2.33. The van der Waals surface area contributed by atoms with Crippen LogP contribution in [0.15, 0.2) is 73.2 Å². The molecule has 0 unspecified atom stereocenters. The van der Waals surface area contributed by atoms with E-state index >= 15 is 4.39 Å². The number of hydrogen-bond acceptors (Lipinski definition) is 7. The van der Waals surface area contributed by atoms with Crippen LogP contribution < -0.4 is 4.90 Å². The number of benzene rings is 2. The number of fused-ring (bicyclic) bond motifs is 1. The Kier molecular flexibility index (Phi) is 8.18. The summed E-state index contributed by atoms with van der Waals surface area (Å²) < 4.78 is 43.6. The molecule has 0 aliphatic carbocycles. The van der Waals surface area contributed by atoms with Crippen molar-refractivity contribution in [3.8, 4) is 22.3 Å². The van der Waals surface area contributed by atoms with Gasteiger partial charge in [0.1, 0.15) is 22.8 Å². The lowest BCUT2D eigenvalue weighted by molar-refractivity contribution is 0.0427. The molecule has 0 saturated carbocycles. The van der Waals surface area contributed by atoms with Crippen molar-refractivity contribution in [2.45, 2.75) is 72.1 Å². The van der Waals surface area contributed by atoms with Gasteiger partial charge >= 0.3 is 12.2 Å². The summed E-state index contributed by atoms with van der Waals surface area (Å²) in [5.41, 5.74) is 0.352. The number of amides is 2. The van der Waals surface area contributed by atoms with E-state index in [1.165, 1.54) is 16.6 Å². The summed E-state index contributed by atoms with van der Waals surface area (Å²) >= 11 is 0. The van der Waals surface area contributed by atoms with Gasteiger partial charge in [-0.15, -0.1) is 10.00 Å². The molecule has 3 heterocycles. The summed E-state index contributed by atoms with van der Waals surface area (Å²) in [5.74, 6) is -1.07. The minimum Gasteiger partial charge on any atom is -0.443 e. The standard InChI is InChI=1S/C34H36F2N6O4/c1-32(2,3)45-30(43)42(31(44)46-33(4,5)6)29-38-27-18-21(16-17-40(27)39-29)25-10-9-11-26(28(25)36)22-19-37-41(20-22)34(7,8)23-12-14-24(35)15-13-23/h9-20H,1-8H3. The van der Waals surface area contributed by atoms with E-state index < -0.39 is 34.7 Å². The molecular weight excluding hydrogens is 594 g/mol. The van der Waals surface area contributed by atoms with Gasteiger partial charge in [-0.05, 0) is 90.8 Å². The molecule has 0 spiro atoms. The SMILES string of the molecule is CC(C)(C)OC(=O)N(C(=O)OC(C)(C)C)c1nc2cc(-c3cccc(-c4cnn(C(C)(C)c5ccc(F)cc5)c4)c3F)ccn2n1. The van der Waals surface area contributed by atoms with Crippen LogP contribution in [0.2, 0.25) is 0 Å². The van der Waals surface area contributed by atoms with Crippen LogP contribution in [0.5, 0.6) is 0 Å². The average Bonchev–Trinajstić information content (AvgIpc) is 3.59. The smallest absolute Gasteiger partial charge is 0.427 e. The number of imide groups is 1. The van der Waals surface area contributed by atoms with Crippen LogP contribution in [0, 0.1) is 11.6 Å². The maximum absolute atomic E-state index is 16.1. The van der Waals surface area contributed by atoms with E-state index in [1.54, 1.807) is 107 Å². The van der Waals surface area contributed by atoms with Crippen molar-refractivity contribution in [2.75, 3.05) is 4.90 Å². The Balaban J connectivity index is 1.49. The average molecular weight is 631 g/mol. The molecular formula is C34H36F2N6O4. The van der Waals surface area contributed by atoms with Gasteiger partial charge in [-0.3, -0.25) is 4.68 Å². The van der Waals surface area contributed by atoms with Crippen molar-refractivity contribution in [1.29, 1.82) is 0 Å². The second-order valence-corrected chi connectivity index (χ2v) is 13.3. The zero-order chi connectivity index (χ0) is 33.6. The summed E-state index contributed by atoms with van der Waals surface area (Å²) in [5, 5.41) is 8.79. The molecule has 46 heavy (non-hydrogen) atoms. The van der Waals surface area contributed by atoms with E-state index in [0.29, 0.717) is 27.2 Å². The zero-order valence-corrected chi connectivity index (χ0v) is 27.0. The van der Waals surface area contributed by atoms with Gasteiger partial charge in [-0.25, -0.2) is 22.9 Å². The van der Waals surface area contributed by atoms with Crippen LogP contribution in [-0.2, 0) is 15.0 Å². The molecule has 5 rings (SSSR count). The van der Waals surface area contributed by atoms with E-state index in [4.69, 9.17) is 9.47 Å². The second-order valence-electron chi connectivity index (χ2n) is 13.3. The molecule has 0 aliphatic heterocycles. The second kappa shape index (κ2) is 11.7. The third kappa shape index (κ3) is 6.75. The maximum atomic E-state index is 16.1. The van der Waals surface area contributed by atoms with Crippen LogP contribution in [0.1, 0.15) is 61.0 Å². The summed E-state index contributed by atoms with van der Waals surface area (Å²) in [4.78, 5) is 31.2. The Morgan fingerprint density at radius 2 is 1.39 bits per heavy atom. The van der Waals surface area contributed by atoms with Gasteiger partial charge in [0, 0.05) is 29.1 Å². The first-order valence-electron chi connectivity index (χ1n) is 14.7. The molecule has 240 valence electrons. The van der Waals surface area contributed by atoms with Gasteiger partial charge in [0.15, 0.2) is 5.65 Å². The van der Waals surface area contributed by atoms with Gasteiger partial charge in [0.05, 0.1) is 11.7 Å². The highest BCUT2D eigenvalue weighted by atomic mass is 19.1. The highest BCUT2D eigenvalue weighted by molar-refractivity contribution is 6.08. The normalized spacial score (nSPS) is 12.3. The summed E-state index contributed by atoms with van der Waals surface area (Å²) in [7, 11) is 0. The molecule has 0 atom stereocenters. The molecule has 0 radical (unpaired) electrons. The number of pyridine rings is 1. The summed E-state index contributed by atoms with van der Waals surface area (Å²) in [6, 6.07) is 14.5. The Labute approximate surface area is 265 Å². The fraction of sp³-hybridized carbons (Fsp3) is 0.324. The lowest BCUT2D eigenvalue weighted by atomic mass is 9.94. The van der Waals surface area contributed by atoms with Crippen molar-refractivity contribution in [3.63, 3.8) is 0 Å². The van der Waals surface area contributed by atoms with E-state index in [1.807, 2.05) is 13.8 Å². The Morgan fingerprint density at radius 1 is 0.804 bits per heavy atom. The molecule has 0 N–H and O–H groups in total. The van der Waals surface area contributed by atoms with Crippen LogP contribution >= 0.6 is 0 Å². The highest BCUT2D eigenvalue weighted by Gasteiger charge is 2.35. The van der Waals surface area contributed by atoms with Crippen LogP contribution in [0.4, 0.5) is 24.3 Å².